The standard InChI is InChI=1S/C37H44N6O6S.C36H42N6O6S.2CH4/c1-22-38-35(49-39-22)24-14-16-42(17-15-24)36(45)37-20-30(37)29-19-26(48-4)11-13-27(29)33-32(23-8-6-5-7-9-23)28-12-10-25(18-31(28)43(33)21-37)34(44)40-50(46,47)41(2)3;1-22-37-35(48-38-22)24-14-16-41(17-15-24)36(44)27-18-26-19-28(47-4)11-13-29(26)33-32(23-8-6-5-7-9-23)30-12-10-25(20-31(30)42(33)21-27)34(43)39-49(45,46)40(2)3;;/h10-13,18-19,23-24,30H,5-9,14-17,20-21H2,1-4H3,(H,40,44);10-13,18-20,23-24H,5-9,14-17,21H2,1-4H3,(H,39,43);2*1H4. The minimum absolute atomic E-state index is 0. The highest BCUT2D eigenvalue weighted by Gasteiger charge is 2.64. The molecule has 8 aromatic rings. The van der Waals surface area contributed by atoms with Crippen molar-refractivity contribution in [2.45, 2.75) is 168 Å². The van der Waals surface area contributed by atoms with E-state index < -0.39 is 37.6 Å². The number of carbonyl (C=O) groups is 4. The molecule has 2 unspecified atom stereocenters. The molecule has 7 aliphatic rings. The Bertz CT molecular complexity index is 4770. The average Bonchev–Trinajstić information content (AvgIpc) is 1.52. The minimum atomic E-state index is -3.99. The Morgan fingerprint density at radius 3 is 1.50 bits per heavy atom. The summed E-state index contributed by atoms with van der Waals surface area (Å²) in [5.41, 5.74) is 10.8. The predicted molar refractivity (Wildman–Crippen MR) is 386 cm³/mol. The van der Waals surface area contributed by atoms with Crippen LogP contribution in [0.5, 0.6) is 11.5 Å². The fraction of sp³-hybridized carbons (Fsp3) is 0.493. The minimum Gasteiger partial charge on any atom is -0.497 e. The van der Waals surface area contributed by atoms with Gasteiger partial charge in [-0.1, -0.05) is 75.8 Å². The molecule has 5 fully saturated rings. The van der Waals surface area contributed by atoms with Gasteiger partial charge in [-0.15, -0.1) is 0 Å². The number of ether oxygens (including phenoxy) is 2. The number of amides is 4. The number of fused-ring (bicyclic) bond motifs is 12. The molecule has 101 heavy (non-hydrogen) atoms. The number of hydrogen-bond donors (Lipinski definition) is 2. The van der Waals surface area contributed by atoms with Gasteiger partial charge in [-0.05, 0) is 172 Å². The zero-order chi connectivity index (χ0) is 69.4. The van der Waals surface area contributed by atoms with E-state index in [2.05, 4.69) is 57.1 Å². The lowest BCUT2D eigenvalue weighted by molar-refractivity contribution is -0.139. The van der Waals surface area contributed by atoms with E-state index in [9.17, 15) is 36.0 Å². The Labute approximate surface area is 591 Å². The van der Waals surface area contributed by atoms with E-state index in [1.807, 2.05) is 59.2 Å². The molecule has 3 aliphatic carbocycles. The Morgan fingerprint density at radius 2 is 1.03 bits per heavy atom. The summed E-state index contributed by atoms with van der Waals surface area (Å²) in [5.74, 6) is 3.54. The zero-order valence-corrected chi connectivity index (χ0v) is 59.1. The third kappa shape index (κ3) is 13.6. The lowest BCUT2D eigenvalue weighted by Gasteiger charge is -2.34. The third-order valence-corrected chi connectivity index (χ3v) is 24.6. The third-order valence-electron chi connectivity index (χ3n) is 21.8. The summed E-state index contributed by atoms with van der Waals surface area (Å²) >= 11 is 0. The summed E-state index contributed by atoms with van der Waals surface area (Å²) in [6, 6.07) is 23.1. The number of benzene rings is 4. The van der Waals surface area contributed by atoms with Crippen molar-refractivity contribution in [1.29, 1.82) is 0 Å². The highest BCUT2D eigenvalue weighted by Crippen LogP contribution is 2.66. The fourth-order valence-corrected chi connectivity index (χ4v) is 17.5. The summed E-state index contributed by atoms with van der Waals surface area (Å²) in [5, 5.41) is 9.98. The number of carbonyl (C=O) groups excluding carboxylic acids is 4. The molecule has 4 aliphatic heterocycles. The van der Waals surface area contributed by atoms with E-state index in [-0.39, 0.29) is 62.1 Å². The Morgan fingerprint density at radius 1 is 0.564 bits per heavy atom. The Balaban J connectivity index is 0.000000187. The zero-order valence-electron chi connectivity index (χ0n) is 57.4. The van der Waals surface area contributed by atoms with Crippen molar-refractivity contribution in [3.8, 4) is 34.0 Å². The molecule has 8 heterocycles. The van der Waals surface area contributed by atoms with Gasteiger partial charge < -0.3 is 37.5 Å². The fourth-order valence-electron chi connectivity index (χ4n) is 16.4. The summed E-state index contributed by atoms with van der Waals surface area (Å²) in [6.45, 7) is 6.72. The largest absolute Gasteiger partial charge is 0.497 e. The number of aryl methyl sites for hydroxylation is 2. The van der Waals surface area contributed by atoms with Crippen LogP contribution >= 0.6 is 0 Å². The molecule has 15 rings (SSSR count). The molecular formula is C75H94N12O12S2. The van der Waals surface area contributed by atoms with Crippen molar-refractivity contribution in [3.63, 3.8) is 0 Å². The quantitative estimate of drug-likeness (QED) is 0.102. The average molecular weight is 1420 g/mol. The van der Waals surface area contributed by atoms with Crippen molar-refractivity contribution < 1.29 is 54.5 Å². The van der Waals surface area contributed by atoms with Crippen LogP contribution in [0.4, 0.5) is 0 Å². The van der Waals surface area contributed by atoms with Crippen LogP contribution in [-0.4, -0.2) is 157 Å². The molecule has 2 saturated heterocycles. The normalized spacial score (nSPS) is 19.6. The first-order chi connectivity index (χ1) is 47.5. The number of nitrogens with zero attached hydrogens (tertiary/aromatic N) is 10. The second kappa shape index (κ2) is 28.6. The molecule has 0 bridgehead atoms. The first-order valence-electron chi connectivity index (χ1n) is 34.6. The molecule has 3 saturated carbocycles. The maximum absolute atomic E-state index is 14.8. The van der Waals surface area contributed by atoms with Crippen molar-refractivity contribution >= 4 is 71.9 Å². The van der Waals surface area contributed by atoms with Crippen LogP contribution < -0.4 is 18.9 Å². The molecule has 4 aromatic carbocycles. The van der Waals surface area contributed by atoms with E-state index in [1.165, 1.54) is 52.2 Å². The molecular weight excluding hydrogens is 1330 g/mol. The Kier molecular flexibility index (Phi) is 20.4. The monoisotopic (exact) mass is 1420 g/mol. The maximum Gasteiger partial charge on any atom is 0.303 e. The van der Waals surface area contributed by atoms with Gasteiger partial charge in [-0.3, -0.25) is 19.2 Å². The van der Waals surface area contributed by atoms with E-state index in [0.29, 0.717) is 85.7 Å². The molecule has 2 N–H and O–H groups in total. The smallest absolute Gasteiger partial charge is 0.303 e. The van der Waals surface area contributed by atoms with Gasteiger partial charge in [0.15, 0.2) is 11.6 Å². The highest BCUT2D eigenvalue weighted by atomic mass is 32.2. The van der Waals surface area contributed by atoms with Gasteiger partial charge in [0.05, 0.1) is 37.6 Å². The first kappa shape index (κ1) is 72.1. The van der Waals surface area contributed by atoms with Gasteiger partial charge in [-0.25, -0.2) is 9.44 Å². The van der Waals surface area contributed by atoms with E-state index >= 15 is 0 Å². The van der Waals surface area contributed by atoms with Crippen LogP contribution in [0.3, 0.4) is 0 Å². The van der Waals surface area contributed by atoms with Crippen LogP contribution in [-0.2, 0) is 43.1 Å². The SMILES string of the molecule is C.C.COc1ccc2c(c1)C1CC1(C(=O)N1CCC(c3nc(C)no3)CC1)Cn1c-2c(C2CCCCC2)c2ccc(C(=O)NS(=O)(=O)N(C)C)cc21.COc1ccc2c(c1)C=C(C(=O)N1CCC(c3nc(C)no3)CC1)Cn1c-2c(C2CCCCC2)c2ccc(C(=O)NS(=O)(=O)N(C)C)cc21. The van der Waals surface area contributed by atoms with E-state index in [1.54, 1.807) is 39.3 Å². The summed E-state index contributed by atoms with van der Waals surface area (Å²) in [6.07, 6.45) is 16.9. The lowest BCUT2D eigenvalue weighted by atomic mass is 9.81. The molecule has 4 aromatic heterocycles. The van der Waals surface area contributed by atoms with Crippen LogP contribution in [0.1, 0.15) is 207 Å². The summed E-state index contributed by atoms with van der Waals surface area (Å²) < 4.78 is 83.3. The summed E-state index contributed by atoms with van der Waals surface area (Å²) in [7, 11) is 0.832. The lowest BCUT2D eigenvalue weighted by Crippen LogP contribution is -2.44. The van der Waals surface area contributed by atoms with Crippen molar-refractivity contribution in [1.82, 2.24) is 57.3 Å². The van der Waals surface area contributed by atoms with Crippen LogP contribution in [0.2, 0.25) is 0 Å². The second-order valence-electron chi connectivity index (χ2n) is 28.2. The number of nitrogens with one attached hydrogen (secondary N) is 2. The Hall–Kier alpha value is -8.72. The highest BCUT2D eigenvalue weighted by molar-refractivity contribution is 7.88. The van der Waals surface area contributed by atoms with Crippen LogP contribution in [0, 0.1) is 19.3 Å². The topological polar surface area (TPSA) is 280 Å². The van der Waals surface area contributed by atoms with Gasteiger partial charge in [0.2, 0.25) is 17.7 Å². The molecule has 4 amide bonds. The van der Waals surface area contributed by atoms with Gasteiger partial charge in [0.1, 0.15) is 11.5 Å². The van der Waals surface area contributed by atoms with Gasteiger partial charge in [-0.2, -0.15) is 35.4 Å². The van der Waals surface area contributed by atoms with Gasteiger partial charge in [0, 0.05) is 128 Å². The number of piperidine rings is 2. The van der Waals surface area contributed by atoms with Crippen molar-refractivity contribution in [3.05, 3.63) is 135 Å². The molecule has 24 nitrogen and oxygen atoms in total. The number of aromatic nitrogens is 6. The molecule has 2 atom stereocenters. The first-order valence-corrected chi connectivity index (χ1v) is 37.5. The van der Waals surface area contributed by atoms with Crippen LogP contribution in [0.25, 0.3) is 50.4 Å². The van der Waals surface area contributed by atoms with Crippen molar-refractivity contribution in [2.75, 3.05) is 68.6 Å². The van der Waals surface area contributed by atoms with Gasteiger partial charge >= 0.3 is 20.4 Å². The number of hydrogen-bond acceptors (Lipinski definition) is 16. The number of likely N-dealkylation sites (tertiary alicyclic amines) is 2. The van der Waals surface area contributed by atoms with E-state index in [4.69, 9.17) is 18.5 Å². The molecule has 538 valence electrons. The molecule has 0 radical (unpaired) electrons. The summed E-state index contributed by atoms with van der Waals surface area (Å²) in [4.78, 5) is 68.7. The van der Waals surface area contributed by atoms with Crippen LogP contribution in [0.15, 0.2) is 87.4 Å². The predicted octanol–water partition coefficient (Wildman–Crippen LogP) is 12.2. The van der Waals surface area contributed by atoms with Gasteiger partial charge in [0.25, 0.3) is 17.7 Å². The maximum atomic E-state index is 14.8. The van der Waals surface area contributed by atoms with E-state index in [0.717, 1.165) is 147 Å². The number of methoxy groups -OCH3 is 2. The molecule has 26 heteroatoms. The molecule has 0 spiro atoms. The van der Waals surface area contributed by atoms with Crippen molar-refractivity contribution in [2.24, 2.45) is 5.41 Å². The second-order valence-corrected chi connectivity index (χ2v) is 32.0. The number of rotatable bonds is 14.